The van der Waals surface area contributed by atoms with E-state index < -0.39 is 0 Å². The first kappa shape index (κ1) is 13.3. The Kier molecular flexibility index (Phi) is 4.18. The summed E-state index contributed by atoms with van der Waals surface area (Å²) in [5.41, 5.74) is 2.73. The molecule has 2 nitrogen and oxygen atoms in total. The lowest BCUT2D eigenvalue weighted by molar-refractivity contribution is -0.128. The molecule has 1 aromatic carbocycles. The summed E-state index contributed by atoms with van der Waals surface area (Å²) in [5.74, 6) is 0.591. The van der Waals surface area contributed by atoms with Gasteiger partial charge >= 0.3 is 0 Å². The molecule has 1 fully saturated rings. The number of piperidine rings is 1. The van der Waals surface area contributed by atoms with Gasteiger partial charge in [-0.3, -0.25) is 9.69 Å². The molecule has 0 bridgehead atoms. The predicted octanol–water partition coefficient (Wildman–Crippen LogP) is 3.05. The van der Waals surface area contributed by atoms with Crippen molar-refractivity contribution in [3.8, 4) is 0 Å². The standard InChI is InChI=1S/C16H23NO/c1-4-14-5-7-15(8-6-14)11-17-10-9-16(18)12(2)13(17)3/h5-8,12-13H,4,9-11H2,1-3H3. The van der Waals surface area contributed by atoms with E-state index in [4.69, 9.17) is 0 Å². The minimum absolute atomic E-state index is 0.175. The van der Waals surface area contributed by atoms with E-state index in [9.17, 15) is 4.79 Å². The highest BCUT2D eigenvalue weighted by atomic mass is 16.1. The first-order valence-electron chi connectivity index (χ1n) is 6.96. The van der Waals surface area contributed by atoms with Crippen molar-refractivity contribution in [3.63, 3.8) is 0 Å². The number of hydrogen-bond donors (Lipinski definition) is 0. The maximum atomic E-state index is 11.7. The number of rotatable bonds is 3. The third-order valence-corrected chi connectivity index (χ3v) is 4.27. The maximum Gasteiger partial charge on any atom is 0.138 e. The molecular weight excluding hydrogens is 222 g/mol. The van der Waals surface area contributed by atoms with Gasteiger partial charge in [0.25, 0.3) is 0 Å². The zero-order valence-electron chi connectivity index (χ0n) is 11.6. The van der Waals surface area contributed by atoms with Crippen LogP contribution in [0.5, 0.6) is 0 Å². The molecule has 1 aliphatic heterocycles. The van der Waals surface area contributed by atoms with Gasteiger partial charge in [0.15, 0.2) is 0 Å². The maximum absolute atomic E-state index is 11.7. The molecule has 0 aromatic heterocycles. The number of hydrogen-bond acceptors (Lipinski definition) is 2. The number of ketones is 1. The lowest BCUT2D eigenvalue weighted by Gasteiger charge is -2.37. The normalized spacial score (nSPS) is 25.4. The van der Waals surface area contributed by atoms with E-state index in [2.05, 4.69) is 49.9 Å². The molecule has 0 saturated carbocycles. The van der Waals surface area contributed by atoms with Crippen LogP contribution < -0.4 is 0 Å². The second-order valence-corrected chi connectivity index (χ2v) is 5.39. The second kappa shape index (κ2) is 5.66. The molecule has 98 valence electrons. The Hall–Kier alpha value is -1.15. The number of nitrogens with zero attached hydrogens (tertiary/aromatic N) is 1. The van der Waals surface area contributed by atoms with Crippen LogP contribution in [-0.2, 0) is 17.8 Å². The molecular formula is C16H23NO. The third-order valence-electron chi connectivity index (χ3n) is 4.27. The van der Waals surface area contributed by atoms with Crippen molar-refractivity contribution < 1.29 is 4.79 Å². The van der Waals surface area contributed by atoms with Crippen LogP contribution in [0, 0.1) is 5.92 Å². The molecule has 2 heteroatoms. The van der Waals surface area contributed by atoms with Gasteiger partial charge in [0.05, 0.1) is 0 Å². The Bertz CT molecular complexity index is 410. The first-order valence-corrected chi connectivity index (χ1v) is 6.96. The molecule has 0 radical (unpaired) electrons. The molecule has 0 aliphatic carbocycles. The van der Waals surface area contributed by atoms with Crippen LogP contribution in [0.2, 0.25) is 0 Å². The van der Waals surface area contributed by atoms with E-state index in [0.717, 1.165) is 19.5 Å². The number of carbonyl (C=O) groups is 1. The van der Waals surface area contributed by atoms with Crippen molar-refractivity contribution in [2.45, 2.75) is 46.2 Å². The van der Waals surface area contributed by atoms with Gasteiger partial charge in [0, 0.05) is 31.5 Å². The summed E-state index contributed by atoms with van der Waals surface area (Å²) in [5, 5.41) is 0. The average molecular weight is 245 g/mol. The number of benzene rings is 1. The van der Waals surface area contributed by atoms with Gasteiger partial charge in [-0.2, -0.15) is 0 Å². The van der Waals surface area contributed by atoms with Crippen molar-refractivity contribution in [3.05, 3.63) is 35.4 Å². The van der Waals surface area contributed by atoms with Crippen molar-refractivity contribution in [2.24, 2.45) is 5.92 Å². The van der Waals surface area contributed by atoms with Crippen molar-refractivity contribution >= 4 is 5.78 Å². The molecule has 0 spiro atoms. The van der Waals surface area contributed by atoms with Crippen LogP contribution in [0.3, 0.4) is 0 Å². The molecule has 18 heavy (non-hydrogen) atoms. The van der Waals surface area contributed by atoms with Crippen LogP contribution in [0.4, 0.5) is 0 Å². The Labute approximate surface area is 110 Å². The Morgan fingerprint density at radius 1 is 1.17 bits per heavy atom. The van der Waals surface area contributed by atoms with Gasteiger partial charge in [-0.25, -0.2) is 0 Å². The molecule has 1 aromatic rings. The van der Waals surface area contributed by atoms with Crippen LogP contribution in [0.25, 0.3) is 0 Å². The monoisotopic (exact) mass is 245 g/mol. The molecule has 2 rings (SSSR count). The average Bonchev–Trinajstić information content (AvgIpc) is 2.40. The Morgan fingerprint density at radius 2 is 1.78 bits per heavy atom. The van der Waals surface area contributed by atoms with Gasteiger partial charge in [-0.05, 0) is 24.5 Å². The molecule has 0 N–H and O–H groups in total. The van der Waals surface area contributed by atoms with Crippen LogP contribution >= 0.6 is 0 Å². The topological polar surface area (TPSA) is 20.3 Å². The Balaban J connectivity index is 2.02. The molecule has 1 saturated heterocycles. The lowest BCUT2D eigenvalue weighted by Crippen LogP contribution is -2.46. The van der Waals surface area contributed by atoms with E-state index in [1.807, 2.05) is 0 Å². The molecule has 1 aliphatic rings. The SMILES string of the molecule is CCc1ccc(CN2CCC(=O)C(C)C2C)cc1. The number of Topliss-reactive ketones (excluding diaryl/α,β-unsaturated/α-hetero) is 1. The minimum Gasteiger partial charge on any atom is -0.299 e. The smallest absolute Gasteiger partial charge is 0.138 e. The van der Waals surface area contributed by atoms with Crippen molar-refractivity contribution in [1.29, 1.82) is 0 Å². The number of aryl methyl sites for hydroxylation is 1. The van der Waals surface area contributed by atoms with E-state index in [1.165, 1.54) is 11.1 Å². The number of likely N-dealkylation sites (tertiary alicyclic amines) is 1. The first-order chi connectivity index (χ1) is 8.61. The predicted molar refractivity (Wildman–Crippen MR) is 74.5 cm³/mol. The Morgan fingerprint density at radius 3 is 2.39 bits per heavy atom. The molecule has 1 heterocycles. The second-order valence-electron chi connectivity index (χ2n) is 5.39. The summed E-state index contributed by atoms with van der Waals surface area (Å²) in [4.78, 5) is 14.1. The summed E-state index contributed by atoms with van der Waals surface area (Å²) in [6, 6.07) is 9.20. The van der Waals surface area contributed by atoms with E-state index in [-0.39, 0.29) is 5.92 Å². The fourth-order valence-corrected chi connectivity index (χ4v) is 2.61. The van der Waals surface area contributed by atoms with E-state index >= 15 is 0 Å². The van der Waals surface area contributed by atoms with Gasteiger partial charge in [-0.1, -0.05) is 38.1 Å². The molecule has 2 atom stereocenters. The quantitative estimate of drug-likeness (QED) is 0.815. The summed E-state index contributed by atoms with van der Waals surface area (Å²) < 4.78 is 0. The largest absolute Gasteiger partial charge is 0.299 e. The molecule has 0 amide bonds. The number of carbonyl (C=O) groups excluding carboxylic acids is 1. The van der Waals surface area contributed by atoms with Crippen molar-refractivity contribution in [2.75, 3.05) is 6.54 Å². The zero-order chi connectivity index (χ0) is 13.1. The fourth-order valence-electron chi connectivity index (χ4n) is 2.61. The van der Waals surface area contributed by atoms with Crippen LogP contribution in [-0.4, -0.2) is 23.3 Å². The summed E-state index contributed by atoms with van der Waals surface area (Å²) in [6.45, 7) is 8.26. The van der Waals surface area contributed by atoms with Crippen LogP contribution in [0.15, 0.2) is 24.3 Å². The van der Waals surface area contributed by atoms with Gasteiger partial charge < -0.3 is 0 Å². The highest BCUT2D eigenvalue weighted by Gasteiger charge is 2.30. The van der Waals surface area contributed by atoms with E-state index in [1.54, 1.807) is 0 Å². The van der Waals surface area contributed by atoms with Gasteiger partial charge in [0.2, 0.25) is 0 Å². The highest BCUT2D eigenvalue weighted by Crippen LogP contribution is 2.22. The zero-order valence-corrected chi connectivity index (χ0v) is 11.6. The molecule has 2 unspecified atom stereocenters. The fraction of sp³-hybridized carbons (Fsp3) is 0.562. The van der Waals surface area contributed by atoms with E-state index in [0.29, 0.717) is 18.2 Å². The summed E-state index contributed by atoms with van der Waals surface area (Å²) in [7, 11) is 0. The minimum atomic E-state index is 0.175. The van der Waals surface area contributed by atoms with Crippen molar-refractivity contribution in [1.82, 2.24) is 4.90 Å². The highest BCUT2D eigenvalue weighted by molar-refractivity contribution is 5.82. The summed E-state index contributed by atoms with van der Waals surface area (Å²) >= 11 is 0. The third kappa shape index (κ3) is 2.81. The lowest BCUT2D eigenvalue weighted by atomic mass is 9.90. The summed E-state index contributed by atoms with van der Waals surface area (Å²) in [6.07, 6.45) is 1.80. The van der Waals surface area contributed by atoms with Gasteiger partial charge in [0.1, 0.15) is 5.78 Å². The van der Waals surface area contributed by atoms with Gasteiger partial charge in [-0.15, -0.1) is 0 Å². The van der Waals surface area contributed by atoms with Crippen LogP contribution in [0.1, 0.15) is 38.3 Å².